The number of anilines is 3. The third kappa shape index (κ3) is 5.83. The largest absolute Gasteiger partial charge is 0.324 e. The molecule has 204 valence electrons. The van der Waals surface area contributed by atoms with Crippen molar-refractivity contribution in [2.45, 2.75) is 6.54 Å². The van der Waals surface area contributed by atoms with Crippen molar-refractivity contribution < 1.29 is 4.79 Å². The van der Waals surface area contributed by atoms with Gasteiger partial charge in [0.25, 0.3) is 5.91 Å². The summed E-state index contributed by atoms with van der Waals surface area (Å²) in [5.74, 6) is 0.210. The number of hydrogen-bond acceptors (Lipinski definition) is 7. The second-order valence-electron chi connectivity index (χ2n) is 9.71. The second-order valence-corrected chi connectivity index (χ2v) is 11.0. The fraction of sp³-hybridized carbons (Fsp3) is 0.0968. The molecule has 1 amide bonds. The maximum absolute atomic E-state index is 12.9. The average molecular weight is 580 g/mol. The Morgan fingerprint density at radius 2 is 1.80 bits per heavy atom. The third-order valence-electron chi connectivity index (χ3n) is 6.35. The van der Waals surface area contributed by atoms with Crippen molar-refractivity contribution in [3.63, 3.8) is 0 Å². The number of rotatable bonds is 8. The van der Waals surface area contributed by atoms with Crippen LogP contribution >= 0.6 is 22.9 Å². The molecule has 0 aliphatic heterocycles. The van der Waals surface area contributed by atoms with Crippen molar-refractivity contribution in [1.82, 2.24) is 24.3 Å². The van der Waals surface area contributed by atoms with Crippen molar-refractivity contribution >= 4 is 51.1 Å². The highest BCUT2D eigenvalue weighted by molar-refractivity contribution is 7.15. The van der Waals surface area contributed by atoms with E-state index in [0.29, 0.717) is 22.2 Å². The van der Waals surface area contributed by atoms with Crippen LogP contribution in [0.3, 0.4) is 0 Å². The number of amides is 1. The first-order chi connectivity index (χ1) is 19.9. The number of nitrogens with zero attached hydrogens (tertiary/aromatic N) is 5. The summed E-state index contributed by atoms with van der Waals surface area (Å²) in [5.41, 5.74) is 6.31. The van der Waals surface area contributed by atoms with E-state index in [1.54, 1.807) is 41.8 Å². The maximum Gasteiger partial charge on any atom is 0.257 e. The van der Waals surface area contributed by atoms with Gasteiger partial charge >= 0.3 is 0 Å². The zero-order valence-electron chi connectivity index (χ0n) is 22.4. The Kier molecular flexibility index (Phi) is 7.47. The van der Waals surface area contributed by atoms with Crippen LogP contribution < -0.4 is 10.6 Å². The summed E-state index contributed by atoms with van der Waals surface area (Å²) in [6.45, 7) is 0.837. The van der Waals surface area contributed by atoms with E-state index in [0.717, 1.165) is 39.8 Å². The van der Waals surface area contributed by atoms with Gasteiger partial charge in [0, 0.05) is 41.3 Å². The molecule has 8 nitrogen and oxygen atoms in total. The van der Waals surface area contributed by atoms with Gasteiger partial charge in [0.15, 0.2) is 4.96 Å². The molecule has 6 aromatic rings. The highest BCUT2D eigenvalue weighted by Gasteiger charge is 2.19. The molecule has 0 fully saturated rings. The molecule has 3 aromatic heterocycles. The number of fused-ring (bicyclic) bond motifs is 1. The van der Waals surface area contributed by atoms with Crippen LogP contribution in [-0.4, -0.2) is 44.3 Å². The number of thiazole rings is 1. The van der Waals surface area contributed by atoms with E-state index in [4.69, 9.17) is 21.6 Å². The zero-order chi connectivity index (χ0) is 28.3. The van der Waals surface area contributed by atoms with E-state index in [1.807, 2.05) is 72.5 Å². The molecule has 3 aromatic carbocycles. The Labute approximate surface area is 246 Å². The van der Waals surface area contributed by atoms with Crippen LogP contribution in [0.25, 0.3) is 27.6 Å². The van der Waals surface area contributed by atoms with Crippen LogP contribution in [0.2, 0.25) is 5.02 Å². The molecule has 0 radical (unpaired) electrons. The smallest absolute Gasteiger partial charge is 0.257 e. The van der Waals surface area contributed by atoms with Crippen molar-refractivity contribution in [2.24, 2.45) is 0 Å². The van der Waals surface area contributed by atoms with Crippen LogP contribution in [0.4, 0.5) is 17.3 Å². The zero-order valence-corrected chi connectivity index (χ0v) is 23.9. The quantitative estimate of drug-likeness (QED) is 0.198. The summed E-state index contributed by atoms with van der Waals surface area (Å²) in [6, 6.07) is 24.7. The predicted octanol–water partition coefficient (Wildman–Crippen LogP) is 7.23. The molecule has 10 heteroatoms. The van der Waals surface area contributed by atoms with Crippen LogP contribution in [0.5, 0.6) is 0 Å². The normalized spacial score (nSPS) is 11.2. The van der Waals surface area contributed by atoms with Gasteiger partial charge in [-0.2, -0.15) is 0 Å². The van der Waals surface area contributed by atoms with E-state index in [-0.39, 0.29) is 5.91 Å². The van der Waals surface area contributed by atoms with E-state index in [1.165, 1.54) is 5.56 Å². The number of aromatic nitrogens is 4. The molecule has 0 saturated heterocycles. The van der Waals surface area contributed by atoms with Gasteiger partial charge in [-0.1, -0.05) is 48.0 Å². The number of benzene rings is 3. The SMILES string of the molecule is CN(C)Cc1cccc(Nc2nccc(-c3c(-c4cccc(NC(=O)c5ccccc5Cl)c4)nc4sccn34)n2)c1. The molecular weight excluding hydrogens is 554 g/mol. The highest BCUT2D eigenvalue weighted by Crippen LogP contribution is 2.35. The van der Waals surface area contributed by atoms with Crippen LogP contribution in [0.15, 0.2) is 96.6 Å². The first-order valence-corrected chi connectivity index (χ1v) is 14.2. The van der Waals surface area contributed by atoms with Crippen molar-refractivity contribution in [1.29, 1.82) is 0 Å². The number of imidazole rings is 1. The molecule has 0 bridgehead atoms. The lowest BCUT2D eigenvalue weighted by atomic mass is 10.1. The Bertz CT molecular complexity index is 1860. The Morgan fingerprint density at radius 1 is 0.976 bits per heavy atom. The second kappa shape index (κ2) is 11.5. The van der Waals surface area contributed by atoms with Gasteiger partial charge in [-0.15, -0.1) is 11.3 Å². The Balaban J connectivity index is 1.33. The summed E-state index contributed by atoms with van der Waals surface area (Å²) >= 11 is 7.78. The van der Waals surface area contributed by atoms with Crippen molar-refractivity contribution in [2.75, 3.05) is 24.7 Å². The van der Waals surface area contributed by atoms with Gasteiger partial charge in [0.05, 0.1) is 22.0 Å². The van der Waals surface area contributed by atoms with Gasteiger partial charge in [-0.3, -0.25) is 9.20 Å². The number of halogens is 1. The molecule has 0 aliphatic carbocycles. The summed E-state index contributed by atoms with van der Waals surface area (Å²) < 4.78 is 2.03. The van der Waals surface area contributed by atoms with E-state index >= 15 is 0 Å². The minimum Gasteiger partial charge on any atom is -0.324 e. The van der Waals surface area contributed by atoms with Gasteiger partial charge in [0.1, 0.15) is 5.69 Å². The first-order valence-electron chi connectivity index (χ1n) is 12.9. The van der Waals surface area contributed by atoms with Crippen LogP contribution in [0, 0.1) is 0 Å². The van der Waals surface area contributed by atoms with Crippen LogP contribution in [-0.2, 0) is 6.54 Å². The predicted molar refractivity (Wildman–Crippen MR) is 166 cm³/mol. The number of nitrogens with one attached hydrogen (secondary N) is 2. The average Bonchev–Trinajstić information content (AvgIpc) is 3.55. The molecule has 0 unspecified atom stereocenters. The number of hydrogen-bond donors (Lipinski definition) is 2. The fourth-order valence-electron chi connectivity index (χ4n) is 4.61. The molecular formula is C31H26ClN7OS. The van der Waals surface area contributed by atoms with E-state index in [9.17, 15) is 4.79 Å². The van der Waals surface area contributed by atoms with Gasteiger partial charge in [-0.05, 0) is 62.1 Å². The molecule has 0 saturated carbocycles. The molecule has 6 rings (SSSR count). The van der Waals surface area contributed by atoms with Gasteiger partial charge in [0.2, 0.25) is 5.95 Å². The molecule has 0 aliphatic rings. The summed E-state index contributed by atoms with van der Waals surface area (Å²) in [4.78, 5) is 30.1. The molecule has 0 spiro atoms. The molecule has 2 N–H and O–H groups in total. The molecule has 3 heterocycles. The number of carbonyl (C=O) groups excluding carboxylic acids is 1. The third-order valence-corrected chi connectivity index (χ3v) is 7.44. The van der Waals surface area contributed by atoms with Crippen molar-refractivity contribution in [3.8, 4) is 22.6 Å². The monoisotopic (exact) mass is 579 g/mol. The lowest BCUT2D eigenvalue weighted by Crippen LogP contribution is -2.12. The lowest BCUT2D eigenvalue weighted by molar-refractivity contribution is 0.102. The topological polar surface area (TPSA) is 87.5 Å². The van der Waals surface area contributed by atoms with Crippen LogP contribution in [0.1, 0.15) is 15.9 Å². The minimum atomic E-state index is -0.278. The minimum absolute atomic E-state index is 0.278. The van der Waals surface area contributed by atoms with E-state index in [2.05, 4.69) is 32.7 Å². The van der Waals surface area contributed by atoms with Gasteiger partial charge < -0.3 is 15.5 Å². The van der Waals surface area contributed by atoms with E-state index < -0.39 is 0 Å². The number of carbonyl (C=O) groups is 1. The Hall–Kier alpha value is -4.57. The molecule has 0 atom stereocenters. The standard InChI is InChI=1S/C31H26ClN7OS/c1-38(2)19-20-7-5-9-22(17-20)35-30-33-14-13-26(36-30)28-27(37-31-39(28)15-16-41-31)21-8-6-10-23(18-21)34-29(40)24-11-3-4-12-25(24)32/h3-18H,19H2,1-2H3,(H,34,40)(H,33,35,36). The lowest BCUT2D eigenvalue weighted by Gasteiger charge is -2.12. The summed E-state index contributed by atoms with van der Waals surface area (Å²) in [7, 11) is 4.09. The van der Waals surface area contributed by atoms with Crippen molar-refractivity contribution in [3.05, 3.63) is 113 Å². The summed E-state index contributed by atoms with van der Waals surface area (Å²) in [6.07, 6.45) is 3.72. The highest BCUT2D eigenvalue weighted by atomic mass is 35.5. The summed E-state index contributed by atoms with van der Waals surface area (Å²) in [5, 5.41) is 8.69. The fourth-order valence-corrected chi connectivity index (χ4v) is 5.55. The first kappa shape index (κ1) is 26.6. The van der Waals surface area contributed by atoms with Gasteiger partial charge in [-0.25, -0.2) is 15.0 Å². The Morgan fingerprint density at radius 3 is 2.66 bits per heavy atom. The maximum atomic E-state index is 12.9. The molecule has 41 heavy (non-hydrogen) atoms.